The van der Waals surface area contributed by atoms with E-state index < -0.39 is 22.0 Å². The first-order chi connectivity index (χ1) is 13.2. The zero-order chi connectivity index (χ0) is 20.3. The zero-order valence-electron chi connectivity index (χ0n) is 16.1. The molecule has 0 bridgehead atoms. The largest absolute Gasteiger partial charge is 0.324 e. The van der Waals surface area contributed by atoms with E-state index in [4.69, 9.17) is 0 Å². The molecule has 148 valence electrons. The van der Waals surface area contributed by atoms with Crippen LogP contribution < -0.4 is 10.0 Å². The Balaban J connectivity index is 1.80. The zero-order valence-corrected chi connectivity index (χ0v) is 16.9. The van der Waals surface area contributed by atoms with E-state index in [0.717, 1.165) is 16.6 Å². The van der Waals surface area contributed by atoms with Gasteiger partial charge in [-0.05, 0) is 43.5 Å². The van der Waals surface area contributed by atoms with Gasteiger partial charge in [0.2, 0.25) is 21.9 Å². The Morgan fingerprint density at radius 3 is 2.43 bits per heavy atom. The van der Waals surface area contributed by atoms with Gasteiger partial charge >= 0.3 is 0 Å². The Bertz CT molecular complexity index is 1040. The first-order valence-corrected chi connectivity index (χ1v) is 10.6. The van der Waals surface area contributed by atoms with Crippen LogP contribution in [0.15, 0.2) is 53.4 Å². The lowest BCUT2D eigenvalue weighted by Crippen LogP contribution is -2.44. The topological polar surface area (TPSA) is 104 Å². The predicted octanol–water partition coefficient (Wildman–Crippen LogP) is 3.20. The van der Waals surface area contributed by atoms with Gasteiger partial charge in [-0.3, -0.25) is 10.1 Å². The number of amides is 1. The molecule has 0 fully saturated rings. The van der Waals surface area contributed by atoms with Crippen LogP contribution in [0.25, 0.3) is 11.0 Å². The normalized spacial score (nSPS) is 13.0. The van der Waals surface area contributed by atoms with Gasteiger partial charge in [0.1, 0.15) is 6.04 Å². The highest BCUT2D eigenvalue weighted by atomic mass is 32.2. The third-order valence-corrected chi connectivity index (χ3v) is 5.77. The number of hydrogen-bond donors (Lipinski definition) is 3. The number of carbonyl (C=O) groups is 1. The highest BCUT2D eigenvalue weighted by molar-refractivity contribution is 7.89. The number of aryl methyl sites for hydroxylation is 1. The summed E-state index contributed by atoms with van der Waals surface area (Å²) in [6.45, 7) is 5.75. The molecule has 0 saturated carbocycles. The van der Waals surface area contributed by atoms with Crippen molar-refractivity contribution in [3.8, 4) is 0 Å². The van der Waals surface area contributed by atoms with Crippen molar-refractivity contribution in [2.24, 2.45) is 5.92 Å². The molecule has 0 spiro atoms. The molecule has 3 N–H and O–H groups in total. The third-order valence-electron chi connectivity index (χ3n) is 4.28. The molecule has 1 amide bonds. The van der Waals surface area contributed by atoms with Crippen LogP contribution in [0.4, 0.5) is 5.95 Å². The molecule has 0 unspecified atom stereocenters. The average molecular weight is 401 g/mol. The fraction of sp³-hybridized carbons (Fsp3) is 0.300. The second kappa shape index (κ2) is 8.12. The molecule has 0 radical (unpaired) electrons. The van der Waals surface area contributed by atoms with E-state index in [-0.39, 0.29) is 16.8 Å². The molecular formula is C20H24N4O3S. The molecule has 0 aliphatic heterocycles. The van der Waals surface area contributed by atoms with Crippen molar-refractivity contribution < 1.29 is 13.2 Å². The van der Waals surface area contributed by atoms with Crippen LogP contribution in [0.1, 0.15) is 25.8 Å². The van der Waals surface area contributed by atoms with Crippen molar-refractivity contribution in [2.45, 2.75) is 38.1 Å². The van der Waals surface area contributed by atoms with Gasteiger partial charge in [-0.2, -0.15) is 4.72 Å². The van der Waals surface area contributed by atoms with E-state index in [9.17, 15) is 13.2 Å². The summed E-state index contributed by atoms with van der Waals surface area (Å²) in [5.74, 6) is -0.0509. The number of benzene rings is 2. The monoisotopic (exact) mass is 400 g/mol. The number of aromatic amines is 1. The van der Waals surface area contributed by atoms with Crippen LogP contribution in [0.2, 0.25) is 0 Å². The number of para-hydroxylation sites is 2. The van der Waals surface area contributed by atoms with Gasteiger partial charge in [0, 0.05) is 0 Å². The Morgan fingerprint density at radius 1 is 1.11 bits per heavy atom. The third kappa shape index (κ3) is 4.76. The second-order valence-corrected chi connectivity index (χ2v) is 8.92. The molecule has 28 heavy (non-hydrogen) atoms. The number of rotatable bonds is 7. The minimum absolute atomic E-state index is 0.118. The van der Waals surface area contributed by atoms with E-state index in [2.05, 4.69) is 20.0 Å². The summed E-state index contributed by atoms with van der Waals surface area (Å²) in [5, 5.41) is 2.69. The summed E-state index contributed by atoms with van der Waals surface area (Å²) in [4.78, 5) is 20.2. The number of anilines is 1. The molecule has 0 saturated heterocycles. The van der Waals surface area contributed by atoms with Crippen molar-refractivity contribution in [3.05, 3.63) is 54.1 Å². The maximum Gasteiger partial charge on any atom is 0.244 e. The Hall–Kier alpha value is -2.71. The van der Waals surface area contributed by atoms with Gasteiger partial charge < -0.3 is 4.98 Å². The van der Waals surface area contributed by atoms with E-state index in [0.29, 0.717) is 6.42 Å². The van der Waals surface area contributed by atoms with Gasteiger partial charge in [0.25, 0.3) is 0 Å². The Kier molecular flexibility index (Phi) is 5.81. The Labute approximate surface area is 164 Å². The molecule has 0 aliphatic rings. The molecule has 2 aromatic carbocycles. The summed E-state index contributed by atoms with van der Waals surface area (Å²) in [6.07, 6.45) is 0.358. The van der Waals surface area contributed by atoms with Gasteiger partial charge in [0.15, 0.2) is 0 Å². The van der Waals surface area contributed by atoms with E-state index in [1.165, 1.54) is 12.1 Å². The molecule has 3 aromatic rings. The van der Waals surface area contributed by atoms with Crippen molar-refractivity contribution in [1.82, 2.24) is 14.7 Å². The fourth-order valence-electron chi connectivity index (χ4n) is 2.87. The average Bonchev–Trinajstić information content (AvgIpc) is 3.03. The lowest BCUT2D eigenvalue weighted by molar-refractivity contribution is -0.118. The van der Waals surface area contributed by atoms with Gasteiger partial charge in [-0.1, -0.05) is 43.7 Å². The summed E-state index contributed by atoms with van der Waals surface area (Å²) < 4.78 is 28.0. The highest BCUT2D eigenvalue weighted by Crippen LogP contribution is 2.16. The molecule has 1 aromatic heterocycles. The van der Waals surface area contributed by atoms with Crippen molar-refractivity contribution in [2.75, 3.05) is 5.32 Å². The van der Waals surface area contributed by atoms with Crippen LogP contribution in [-0.4, -0.2) is 30.3 Å². The SMILES string of the molecule is Cc1ccc(S(=O)(=O)N[C@@H](CC(C)C)C(=O)Nc2nc3ccccc3[nH]2)cc1. The van der Waals surface area contributed by atoms with Crippen LogP contribution >= 0.6 is 0 Å². The van der Waals surface area contributed by atoms with E-state index in [1.54, 1.807) is 12.1 Å². The number of imidazole rings is 1. The number of aromatic nitrogens is 2. The first kappa shape index (κ1) is 20.0. The molecule has 1 atom stereocenters. The molecule has 1 heterocycles. The number of hydrogen-bond acceptors (Lipinski definition) is 4. The molecule has 3 rings (SSSR count). The minimum Gasteiger partial charge on any atom is -0.324 e. The van der Waals surface area contributed by atoms with Crippen LogP contribution in [0.5, 0.6) is 0 Å². The van der Waals surface area contributed by atoms with E-state index >= 15 is 0 Å². The lowest BCUT2D eigenvalue weighted by atomic mass is 10.0. The number of carbonyl (C=O) groups excluding carboxylic acids is 1. The predicted molar refractivity (Wildman–Crippen MR) is 109 cm³/mol. The van der Waals surface area contributed by atoms with E-state index in [1.807, 2.05) is 45.0 Å². The van der Waals surface area contributed by atoms with Crippen LogP contribution in [0.3, 0.4) is 0 Å². The summed E-state index contributed by atoms with van der Waals surface area (Å²) in [5.41, 5.74) is 2.47. The summed E-state index contributed by atoms with van der Waals surface area (Å²) in [6, 6.07) is 13.0. The maximum absolute atomic E-state index is 12.8. The molecule has 0 aliphatic carbocycles. The Morgan fingerprint density at radius 2 is 1.79 bits per heavy atom. The molecular weight excluding hydrogens is 376 g/mol. The maximum atomic E-state index is 12.8. The molecule has 8 heteroatoms. The highest BCUT2D eigenvalue weighted by Gasteiger charge is 2.27. The second-order valence-electron chi connectivity index (χ2n) is 7.21. The fourth-order valence-corrected chi connectivity index (χ4v) is 4.08. The number of nitrogens with zero attached hydrogens (tertiary/aromatic N) is 1. The quantitative estimate of drug-likeness (QED) is 0.566. The summed E-state index contributed by atoms with van der Waals surface area (Å²) >= 11 is 0. The van der Waals surface area contributed by atoms with Crippen molar-refractivity contribution >= 4 is 32.9 Å². The standard InChI is InChI=1S/C20H24N4O3S/c1-13(2)12-18(24-28(26,27)15-10-8-14(3)9-11-15)19(25)23-20-21-16-6-4-5-7-17(16)22-20/h4-11,13,18,24H,12H2,1-3H3,(H2,21,22,23,25)/t18-/m0/s1. The van der Waals surface area contributed by atoms with Gasteiger partial charge in [-0.15, -0.1) is 0 Å². The van der Waals surface area contributed by atoms with Crippen LogP contribution in [-0.2, 0) is 14.8 Å². The smallest absolute Gasteiger partial charge is 0.244 e. The number of H-pyrrole nitrogens is 1. The van der Waals surface area contributed by atoms with Crippen LogP contribution in [0, 0.1) is 12.8 Å². The lowest BCUT2D eigenvalue weighted by Gasteiger charge is -2.19. The van der Waals surface area contributed by atoms with Crippen molar-refractivity contribution in [1.29, 1.82) is 0 Å². The number of nitrogens with one attached hydrogen (secondary N) is 3. The molecule has 7 nitrogen and oxygen atoms in total. The minimum atomic E-state index is -3.83. The van der Waals surface area contributed by atoms with Gasteiger partial charge in [-0.25, -0.2) is 13.4 Å². The summed E-state index contributed by atoms with van der Waals surface area (Å²) in [7, 11) is -3.83. The number of fused-ring (bicyclic) bond motifs is 1. The van der Waals surface area contributed by atoms with Crippen molar-refractivity contribution in [3.63, 3.8) is 0 Å². The van der Waals surface area contributed by atoms with Gasteiger partial charge in [0.05, 0.1) is 15.9 Å². The first-order valence-electron chi connectivity index (χ1n) is 9.09. The number of sulfonamides is 1.